The van der Waals surface area contributed by atoms with Gasteiger partial charge in [-0.05, 0) is 48.4 Å². The Morgan fingerprint density at radius 2 is 1.72 bits per heavy atom. The molecule has 0 saturated heterocycles. The summed E-state index contributed by atoms with van der Waals surface area (Å²) < 4.78 is 26.7. The third kappa shape index (κ3) is 6.84. The molecule has 0 aromatic heterocycles. The normalized spacial score (nSPS) is 12.2. The highest BCUT2D eigenvalue weighted by Gasteiger charge is 2.31. The predicted molar refractivity (Wildman–Crippen MR) is 131 cm³/mol. The van der Waals surface area contributed by atoms with Crippen molar-refractivity contribution in [1.82, 2.24) is 10.2 Å². The van der Waals surface area contributed by atoms with Gasteiger partial charge in [-0.15, -0.1) is 0 Å². The average molecular weight is 565 g/mol. The van der Waals surface area contributed by atoms with Gasteiger partial charge in [0.05, 0.1) is 22.0 Å². The van der Waals surface area contributed by atoms with Crippen LogP contribution in [0.2, 0.25) is 10.0 Å². The number of halogens is 3. The molecule has 174 valence electrons. The number of rotatable bonds is 9. The Kier molecular flexibility index (Phi) is 9.39. The molecule has 0 aliphatic rings. The fourth-order valence-corrected chi connectivity index (χ4v) is 4.58. The Labute approximate surface area is 206 Å². The van der Waals surface area contributed by atoms with E-state index in [1.54, 1.807) is 49.4 Å². The molecular formula is C21H24BrCl2N3O4S. The van der Waals surface area contributed by atoms with Gasteiger partial charge in [0, 0.05) is 18.1 Å². The molecule has 0 fully saturated rings. The number of nitrogens with zero attached hydrogens (tertiary/aromatic N) is 2. The fourth-order valence-electron chi connectivity index (χ4n) is 3.14. The summed E-state index contributed by atoms with van der Waals surface area (Å²) in [6.07, 6.45) is 1.37. The van der Waals surface area contributed by atoms with Crippen LogP contribution in [-0.4, -0.2) is 51.0 Å². The monoisotopic (exact) mass is 563 g/mol. The fraction of sp³-hybridized carbons (Fsp3) is 0.333. The van der Waals surface area contributed by atoms with E-state index in [4.69, 9.17) is 23.2 Å². The van der Waals surface area contributed by atoms with Crippen LogP contribution < -0.4 is 9.62 Å². The van der Waals surface area contributed by atoms with Crippen LogP contribution in [0, 0.1) is 0 Å². The molecule has 0 bridgehead atoms. The van der Waals surface area contributed by atoms with E-state index in [2.05, 4.69) is 21.2 Å². The molecule has 2 aromatic rings. The lowest BCUT2D eigenvalue weighted by Crippen LogP contribution is -2.51. The largest absolute Gasteiger partial charge is 0.357 e. The Bertz CT molecular complexity index is 1080. The van der Waals surface area contributed by atoms with Gasteiger partial charge in [-0.25, -0.2) is 8.42 Å². The molecule has 0 aliphatic heterocycles. The molecule has 0 unspecified atom stereocenters. The zero-order chi connectivity index (χ0) is 24.1. The highest BCUT2D eigenvalue weighted by atomic mass is 79.9. The number of anilines is 1. The Hall–Kier alpha value is -1.81. The van der Waals surface area contributed by atoms with Gasteiger partial charge in [0.25, 0.3) is 0 Å². The van der Waals surface area contributed by atoms with E-state index in [-0.39, 0.29) is 12.5 Å². The second-order valence-electron chi connectivity index (χ2n) is 7.05. The van der Waals surface area contributed by atoms with Crippen molar-refractivity contribution >= 4 is 66.7 Å². The molecule has 11 heteroatoms. The van der Waals surface area contributed by atoms with E-state index in [0.29, 0.717) is 27.7 Å². The number of amides is 2. The van der Waals surface area contributed by atoms with Crippen molar-refractivity contribution in [2.24, 2.45) is 0 Å². The second-order valence-corrected chi connectivity index (χ2v) is 10.7. The van der Waals surface area contributed by atoms with Gasteiger partial charge < -0.3 is 10.2 Å². The molecule has 7 nitrogen and oxygen atoms in total. The maximum Gasteiger partial charge on any atom is 0.244 e. The minimum absolute atomic E-state index is 0.0551. The lowest BCUT2D eigenvalue weighted by molar-refractivity contribution is -0.140. The van der Waals surface area contributed by atoms with Crippen LogP contribution in [0.3, 0.4) is 0 Å². The Balaban J connectivity index is 2.43. The van der Waals surface area contributed by atoms with Crippen LogP contribution in [0.5, 0.6) is 0 Å². The zero-order valence-electron chi connectivity index (χ0n) is 17.8. The van der Waals surface area contributed by atoms with Crippen molar-refractivity contribution in [3.05, 3.63) is 62.5 Å². The van der Waals surface area contributed by atoms with Gasteiger partial charge in [0.1, 0.15) is 12.6 Å². The van der Waals surface area contributed by atoms with Gasteiger partial charge in [-0.2, -0.15) is 0 Å². The summed E-state index contributed by atoms with van der Waals surface area (Å²) in [5.74, 6) is -0.879. The van der Waals surface area contributed by atoms with E-state index < -0.39 is 28.5 Å². The molecule has 0 aliphatic carbocycles. The smallest absolute Gasteiger partial charge is 0.244 e. The minimum atomic E-state index is -3.77. The van der Waals surface area contributed by atoms with E-state index in [1.165, 1.54) is 11.9 Å². The number of sulfonamides is 1. The summed E-state index contributed by atoms with van der Waals surface area (Å²) in [4.78, 5) is 27.2. The van der Waals surface area contributed by atoms with Crippen LogP contribution in [0.1, 0.15) is 18.9 Å². The molecule has 2 amide bonds. The minimum Gasteiger partial charge on any atom is -0.357 e. The summed E-state index contributed by atoms with van der Waals surface area (Å²) in [6, 6.07) is 10.7. The van der Waals surface area contributed by atoms with Crippen molar-refractivity contribution in [1.29, 1.82) is 0 Å². The number of likely N-dealkylation sites (N-methyl/N-ethyl adjacent to an activating group) is 1. The summed E-state index contributed by atoms with van der Waals surface area (Å²) in [5, 5.41) is 3.24. The van der Waals surface area contributed by atoms with Crippen molar-refractivity contribution < 1.29 is 18.0 Å². The summed E-state index contributed by atoms with van der Waals surface area (Å²) in [7, 11) is -2.29. The maximum absolute atomic E-state index is 13.4. The summed E-state index contributed by atoms with van der Waals surface area (Å²) >= 11 is 15.4. The van der Waals surface area contributed by atoms with Gasteiger partial charge in [-0.1, -0.05) is 52.1 Å². The maximum atomic E-state index is 13.4. The molecule has 0 saturated carbocycles. The van der Waals surface area contributed by atoms with Crippen molar-refractivity contribution in [2.45, 2.75) is 25.9 Å². The zero-order valence-corrected chi connectivity index (χ0v) is 21.7. The second kappa shape index (κ2) is 11.4. The molecule has 0 radical (unpaired) electrons. The van der Waals surface area contributed by atoms with E-state index in [9.17, 15) is 18.0 Å². The third-order valence-electron chi connectivity index (χ3n) is 4.76. The van der Waals surface area contributed by atoms with Gasteiger partial charge in [0.15, 0.2) is 0 Å². The highest BCUT2D eigenvalue weighted by Crippen LogP contribution is 2.25. The van der Waals surface area contributed by atoms with Crippen LogP contribution >= 0.6 is 39.1 Å². The Morgan fingerprint density at radius 3 is 2.22 bits per heavy atom. The number of benzene rings is 2. The van der Waals surface area contributed by atoms with Gasteiger partial charge in [-0.3, -0.25) is 13.9 Å². The van der Waals surface area contributed by atoms with Crippen molar-refractivity contribution in [3.8, 4) is 0 Å². The molecule has 2 aromatic carbocycles. The first-order valence-corrected chi connectivity index (χ1v) is 13.1. The number of hydrogen-bond acceptors (Lipinski definition) is 4. The van der Waals surface area contributed by atoms with Crippen LogP contribution in [0.15, 0.2) is 46.9 Å². The van der Waals surface area contributed by atoms with E-state index >= 15 is 0 Å². The first-order chi connectivity index (χ1) is 15.0. The number of nitrogens with one attached hydrogen (secondary N) is 1. The van der Waals surface area contributed by atoms with Gasteiger partial charge in [0.2, 0.25) is 21.8 Å². The molecular weight excluding hydrogens is 541 g/mol. The topological polar surface area (TPSA) is 86.8 Å². The first-order valence-electron chi connectivity index (χ1n) is 9.66. The van der Waals surface area contributed by atoms with E-state index in [0.717, 1.165) is 15.0 Å². The van der Waals surface area contributed by atoms with Crippen molar-refractivity contribution in [3.63, 3.8) is 0 Å². The lowest BCUT2D eigenvalue weighted by atomic mass is 10.1. The number of carbonyl (C=O) groups is 2. The van der Waals surface area contributed by atoms with Crippen LogP contribution in [0.4, 0.5) is 5.69 Å². The first kappa shape index (κ1) is 26.4. The standard InChI is InChI=1S/C21H24BrCl2N3O4S/c1-4-19(21(29)25-2)26(12-14-5-10-17(23)18(24)11-14)20(28)13-27(32(3,30)31)16-8-6-15(22)7-9-16/h5-11,19H,4,12-13H2,1-3H3,(H,25,29)/t19-/m0/s1. The van der Waals surface area contributed by atoms with Gasteiger partial charge >= 0.3 is 0 Å². The van der Waals surface area contributed by atoms with Crippen LogP contribution in [-0.2, 0) is 26.2 Å². The third-order valence-corrected chi connectivity index (χ3v) is 7.17. The van der Waals surface area contributed by atoms with E-state index in [1.807, 2.05) is 0 Å². The number of hydrogen-bond donors (Lipinski definition) is 1. The highest BCUT2D eigenvalue weighted by molar-refractivity contribution is 9.10. The Morgan fingerprint density at radius 1 is 1.09 bits per heavy atom. The van der Waals surface area contributed by atoms with Crippen LogP contribution in [0.25, 0.3) is 0 Å². The molecule has 32 heavy (non-hydrogen) atoms. The predicted octanol–water partition coefficient (Wildman–Crippen LogP) is 4.08. The lowest BCUT2D eigenvalue weighted by Gasteiger charge is -2.32. The summed E-state index contributed by atoms with van der Waals surface area (Å²) in [6.45, 7) is 1.37. The molecule has 0 heterocycles. The quantitative estimate of drug-likeness (QED) is 0.497. The molecule has 1 N–H and O–H groups in total. The molecule has 2 rings (SSSR count). The molecule has 1 atom stereocenters. The molecule has 0 spiro atoms. The number of carbonyl (C=O) groups excluding carboxylic acids is 2. The SMILES string of the molecule is CC[C@@H](C(=O)NC)N(Cc1ccc(Cl)c(Cl)c1)C(=O)CN(c1ccc(Br)cc1)S(C)(=O)=O. The summed E-state index contributed by atoms with van der Waals surface area (Å²) in [5.41, 5.74) is 0.996. The average Bonchev–Trinajstić information content (AvgIpc) is 2.74. The van der Waals surface area contributed by atoms with Crippen molar-refractivity contribution in [2.75, 3.05) is 24.2 Å².